The fraction of sp³-hybridized carbons (Fsp3) is 0.391. The maximum absolute atomic E-state index is 13.0. The highest BCUT2D eigenvalue weighted by atomic mass is 32.2. The summed E-state index contributed by atoms with van der Waals surface area (Å²) in [6.07, 6.45) is 0.244. The molecule has 2 aromatic rings. The zero-order chi connectivity index (χ0) is 23.5. The van der Waals surface area contributed by atoms with E-state index < -0.39 is 16.1 Å². The minimum Gasteiger partial charge on any atom is -0.496 e. The van der Waals surface area contributed by atoms with Crippen molar-refractivity contribution in [2.75, 3.05) is 25.1 Å². The van der Waals surface area contributed by atoms with E-state index in [-0.39, 0.29) is 29.7 Å². The molecule has 9 heteroatoms. The molecule has 1 N–H and O–H groups in total. The van der Waals surface area contributed by atoms with Crippen molar-refractivity contribution < 1.29 is 22.7 Å². The molecule has 8 nitrogen and oxygen atoms in total. The zero-order valence-electron chi connectivity index (χ0n) is 18.8. The minimum absolute atomic E-state index is 0.165. The number of hydrogen-bond donors (Lipinski definition) is 1. The van der Waals surface area contributed by atoms with Crippen LogP contribution in [0.1, 0.15) is 31.9 Å². The van der Waals surface area contributed by atoms with Crippen LogP contribution in [-0.2, 0) is 32.6 Å². The van der Waals surface area contributed by atoms with Gasteiger partial charge in [-0.2, -0.15) is 4.31 Å². The molecule has 0 fully saturated rings. The molecule has 32 heavy (non-hydrogen) atoms. The van der Waals surface area contributed by atoms with Crippen molar-refractivity contribution in [1.82, 2.24) is 9.62 Å². The summed E-state index contributed by atoms with van der Waals surface area (Å²) in [5.41, 5.74) is 2.04. The number of hydrogen-bond acceptors (Lipinski definition) is 5. The first-order valence-corrected chi connectivity index (χ1v) is 12.0. The minimum atomic E-state index is -3.64. The Morgan fingerprint density at radius 2 is 1.84 bits per heavy atom. The largest absolute Gasteiger partial charge is 0.496 e. The smallest absolute Gasteiger partial charge is 0.243 e. The zero-order valence-corrected chi connectivity index (χ0v) is 19.6. The fourth-order valence-electron chi connectivity index (χ4n) is 4.05. The predicted octanol–water partition coefficient (Wildman–Crippen LogP) is 2.32. The lowest BCUT2D eigenvalue weighted by atomic mass is 10.1. The van der Waals surface area contributed by atoms with Gasteiger partial charge in [0.2, 0.25) is 21.8 Å². The summed E-state index contributed by atoms with van der Waals surface area (Å²) >= 11 is 0. The first-order chi connectivity index (χ1) is 15.2. The Morgan fingerprint density at radius 3 is 2.47 bits per heavy atom. The number of para-hydroxylation sites is 1. The number of rotatable bonds is 8. The second-order valence-electron chi connectivity index (χ2n) is 7.52. The summed E-state index contributed by atoms with van der Waals surface area (Å²) in [5.74, 6) is 0.0770. The number of anilines is 1. The summed E-state index contributed by atoms with van der Waals surface area (Å²) in [6, 6.07) is 11.3. The van der Waals surface area contributed by atoms with E-state index >= 15 is 0 Å². The Morgan fingerprint density at radius 1 is 1.16 bits per heavy atom. The second kappa shape index (κ2) is 9.70. The van der Waals surface area contributed by atoms with E-state index in [4.69, 9.17) is 4.74 Å². The number of fused-ring (bicyclic) bond motifs is 1. The average Bonchev–Trinajstić information content (AvgIpc) is 3.17. The van der Waals surface area contributed by atoms with E-state index in [9.17, 15) is 18.0 Å². The van der Waals surface area contributed by atoms with Crippen LogP contribution >= 0.6 is 0 Å². The van der Waals surface area contributed by atoms with E-state index in [1.54, 1.807) is 33.1 Å². The van der Waals surface area contributed by atoms with Gasteiger partial charge in [-0.25, -0.2) is 8.42 Å². The van der Waals surface area contributed by atoms with Crippen molar-refractivity contribution in [2.24, 2.45) is 0 Å². The molecule has 0 spiro atoms. The Labute approximate surface area is 189 Å². The second-order valence-corrected chi connectivity index (χ2v) is 9.46. The third-order valence-corrected chi connectivity index (χ3v) is 7.71. The molecule has 2 amide bonds. The van der Waals surface area contributed by atoms with Crippen LogP contribution in [-0.4, -0.2) is 50.8 Å². The van der Waals surface area contributed by atoms with Gasteiger partial charge < -0.3 is 10.1 Å². The predicted molar refractivity (Wildman–Crippen MR) is 122 cm³/mol. The van der Waals surface area contributed by atoms with Crippen molar-refractivity contribution in [2.45, 2.75) is 44.7 Å². The van der Waals surface area contributed by atoms with E-state index in [1.165, 1.54) is 22.2 Å². The Bertz CT molecular complexity index is 1110. The van der Waals surface area contributed by atoms with Gasteiger partial charge in [0.1, 0.15) is 11.8 Å². The summed E-state index contributed by atoms with van der Waals surface area (Å²) in [4.78, 5) is 27.0. The van der Waals surface area contributed by atoms with Crippen LogP contribution in [0.25, 0.3) is 0 Å². The topological polar surface area (TPSA) is 96.0 Å². The van der Waals surface area contributed by atoms with Crippen LogP contribution in [0.5, 0.6) is 5.75 Å². The number of amides is 2. The summed E-state index contributed by atoms with van der Waals surface area (Å²) in [6.45, 7) is 5.95. The number of carbonyl (C=O) groups is 2. The number of nitrogens with one attached hydrogen (secondary N) is 1. The van der Waals surface area contributed by atoms with Gasteiger partial charge in [0.25, 0.3) is 0 Å². The van der Waals surface area contributed by atoms with Crippen LogP contribution < -0.4 is 15.0 Å². The Hall–Kier alpha value is -2.91. The van der Waals surface area contributed by atoms with Crippen LogP contribution in [0.2, 0.25) is 0 Å². The lowest BCUT2D eigenvalue weighted by Gasteiger charge is -2.24. The number of benzene rings is 2. The van der Waals surface area contributed by atoms with Crippen LogP contribution in [0, 0.1) is 0 Å². The number of carbonyl (C=O) groups excluding carboxylic acids is 2. The van der Waals surface area contributed by atoms with Crippen LogP contribution in [0.4, 0.5) is 5.69 Å². The monoisotopic (exact) mass is 459 g/mol. The van der Waals surface area contributed by atoms with Gasteiger partial charge in [-0.05, 0) is 29.8 Å². The van der Waals surface area contributed by atoms with Gasteiger partial charge in [0.05, 0.1) is 12.0 Å². The van der Waals surface area contributed by atoms with Gasteiger partial charge >= 0.3 is 0 Å². The van der Waals surface area contributed by atoms with E-state index in [0.717, 1.165) is 5.56 Å². The quantitative estimate of drug-likeness (QED) is 0.654. The summed E-state index contributed by atoms with van der Waals surface area (Å²) in [5, 5.41) is 2.88. The molecule has 0 aliphatic carbocycles. The molecular formula is C23H29N3O5S. The molecule has 1 aliphatic heterocycles. The first-order valence-electron chi connectivity index (χ1n) is 10.6. The van der Waals surface area contributed by atoms with Crippen molar-refractivity contribution >= 4 is 27.5 Å². The van der Waals surface area contributed by atoms with Gasteiger partial charge in [-0.15, -0.1) is 0 Å². The standard InChI is InChI=1S/C23H29N3O5S/c1-5-25(6-2)32(29,30)19-11-12-20-18(13-19)14-21(26(20)16(3)27)23(28)24-15-17-9-7-8-10-22(17)31-4/h7-13,21H,5-6,14-15H2,1-4H3,(H,24,28)/t21-/m0/s1. The first kappa shape index (κ1) is 23.7. The molecule has 0 aromatic heterocycles. The van der Waals surface area contributed by atoms with Crippen molar-refractivity contribution in [3.8, 4) is 5.75 Å². The summed E-state index contributed by atoms with van der Waals surface area (Å²) in [7, 11) is -2.07. The highest BCUT2D eigenvalue weighted by molar-refractivity contribution is 7.89. The van der Waals surface area contributed by atoms with Crippen LogP contribution in [0.15, 0.2) is 47.4 Å². The molecule has 172 valence electrons. The average molecular weight is 460 g/mol. The maximum Gasteiger partial charge on any atom is 0.243 e. The lowest BCUT2D eigenvalue weighted by molar-refractivity contribution is -0.125. The molecule has 0 saturated heterocycles. The van der Waals surface area contributed by atoms with E-state index in [0.29, 0.717) is 30.1 Å². The molecule has 2 aromatic carbocycles. The van der Waals surface area contributed by atoms with Crippen molar-refractivity contribution in [3.63, 3.8) is 0 Å². The number of sulfonamides is 1. The number of nitrogens with zero attached hydrogens (tertiary/aromatic N) is 2. The van der Waals surface area contributed by atoms with Crippen molar-refractivity contribution in [3.05, 3.63) is 53.6 Å². The van der Waals surface area contributed by atoms with Gasteiger partial charge in [-0.1, -0.05) is 32.0 Å². The van der Waals surface area contributed by atoms with Gasteiger partial charge in [0, 0.05) is 44.2 Å². The molecule has 1 atom stereocenters. The lowest BCUT2D eigenvalue weighted by Crippen LogP contribution is -2.47. The Kier molecular flexibility index (Phi) is 7.20. The third kappa shape index (κ3) is 4.49. The molecule has 0 radical (unpaired) electrons. The molecule has 0 bridgehead atoms. The molecule has 3 rings (SSSR count). The van der Waals surface area contributed by atoms with Gasteiger partial charge in [-0.3, -0.25) is 14.5 Å². The molecule has 1 heterocycles. The SMILES string of the molecule is CCN(CC)S(=O)(=O)c1ccc2c(c1)C[C@@H](C(=O)NCc1ccccc1OC)N2C(C)=O. The van der Waals surface area contributed by atoms with E-state index in [1.807, 2.05) is 24.3 Å². The molecule has 0 saturated carbocycles. The Balaban J connectivity index is 1.85. The fourth-order valence-corrected chi connectivity index (χ4v) is 5.56. The highest BCUT2D eigenvalue weighted by Crippen LogP contribution is 2.35. The van der Waals surface area contributed by atoms with Gasteiger partial charge in [0.15, 0.2) is 0 Å². The normalized spacial score (nSPS) is 15.5. The molecule has 0 unspecified atom stereocenters. The maximum atomic E-state index is 13.0. The van der Waals surface area contributed by atoms with E-state index in [2.05, 4.69) is 5.32 Å². The number of ether oxygens (including phenoxy) is 1. The van der Waals surface area contributed by atoms with Crippen molar-refractivity contribution in [1.29, 1.82) is 0 Å². The molecular weight excluding hydrogens is 430 g/mol. The van der Waals surface area contributed by atoms with Crippen LogP contribution in [0.3, 0.4) is 0 Å². The number of methoxy groups -OCH3 is 1. The highest BCUT2D eigenvalue weighted by Gasteiger charge is 2.38. The third-order valence-electron chi connectivity index (χ3n) is 5.67. The molecule has 1 aliphatic rings. The summed E-state index contributed by atoms with van der Waals surface area (Å²) < 4.78 is 32.5.